The average molecular weight is 361 g/mol. The molecule has 0 unspecified atom stereocenters. The highest BCUT2D eigenvalue weighted by molar-refractivity contribution is 5.95. The minimum atomic E-state index is -0.347. The van der Waals surface area contributed by atoms with E-state index in [9.17, 15) is 14.4 Å². The van der Waals surface area contributed by atoms with Gasteiger partial charge in [-0.1, -0.05) is 6.07 Å². The van der Waals surface area contributed by atoms with Crippen LogP contribution < -0.4 is 10.1 Å². The molecule has 1 N–H and O–H groups in total. The second-order valence-electron chi connectivity index (χ2n) is 6.33. The van der Waals surface area contributed by atoms with E-state index < -0.39 is 0 Å². The van der Waals surface area contributed by atoms with Crippen molar-refractivity contribution in [1.82, 2.24) is 15.1 Å². The summed E-state index contributed by atoms with van der Waals surface area (Å²) in [5, 5.41) is 2.70. The fourth-order valence-electron chi connectivity index (χ4n) is 3.20. The number of amides is 3. The summed E-state index contributed by atoms with van der Waals surface area (Å²) in [4.78, 5) is 40.2. The molecule has 0 aromatic heterocycles. The first-order chi connectivity index (χ1) is 12.6. The maximum absolute atomic E-state index is 12.9. The number of piperazine rings is 1. The molecule has 140 valence electrons. The first-order valence-corrected chi connectivity index (χ1v) is 8.65. The molecule has 2 aliphatic rings. The molecule has 2 aliphatic heterocycles. The summed E-state index contributed by atoms with van der Waals surface area (Å²) in [6.45, 7) is 2.18. The number of hydrogen-bond donors (Lipinski definition) is 1. The van der Waals surface area contributed by atoms with Crippen molar-refractivity contribution >= 4 is 17.7 Å². The molecular weight excluding hydrogens is 338 g/mol. The number of nitrogens with one attached hydrogen (secondary N) is 1. The predicted octanol–water partition coefficient (Wildman–Crippen LogP) is -0.115. The van der Waals surface area contributed by atoms with E-state index in [0.717, 1.165) is 0 Å². The standard InChI is InChI=1S/C18H23N3O5/c1-25-15-4-2-3-13(9-15)18(24)21-7-8-26-12-14(21)10-17(23)20-6-5-19-16(22)11-20/h2-4,9,14H,5-8,10-12H2,1H3,(H,19,22)/t14-/m1/s1. The Bertz CT molecular complexity index is 693. The van der Waals surface area contributed by atoms with Gasteiger partial charge in [-0.25, -0.2) is 0 Å². The lowest BCUT2D eigenvalue weighted by atomic mass is 10.1. The number of carbonyl (C=O) groups is 3. The molecule has 1 aromatic rings. The Labute approximate surface area is 152 Å². The molecule has 26 heavy (non-hydrogen) atoms. The molecular formula is C18H23N3O5. The fourth-order valence-corrected chi connectivity index (χ4v) is 3.20. The Kier molecular flexibility index (Phi) is 5.72. The number of carbonyl (C=O) groups excluding carboxylic acids is 3. The Morgan fingerprint density at radius 1 is 1.35 bits per heavy atom. The molecule has 3 amide bonds. The van der Waals surface area contributed by atoms with E-state index >= 15 is 0 Å². The number of benzene rings is 1. The molecule has 0 aliphatic carbocycles. The monoisotopic (exact) mass is 361 g/mol. The van der Waals surface area contributed by atoms with Crippen LogP contribution >= 0.6 is 0 Å². The highest BCUT2D eigenvalue weighted by atomic mass is 16.5. The van der Waals surface area contributed by atoms with Gasteiger partial charge in [0, 0.05) is 31.6 Å². The lowest BCUT2D eigenvalue weighted by Gasteiger charge is -2.37. The van der Waals surface area contributed by atoms with E-state index in [1.54, 1.807) is 36.3 Å². The van der Waals surface area contributed by atoms with Gasteiger partial charge >= 0.3 is 0 Å². The van der Waals surface area contributed by atoms with Gasteiger partial charge in [0.1, 0.15) is 5.75 Å². The first kappa shape index (κ1) is 18.2. The third-order valence-electron chi connectivity index (χ3n) is 4.61. The molecule has 8 heteroatoms. The summed E-state index contributed by atoms with van der Waals surface area (Å²) < 4.78 is 10.7. The number of morpholine rings is 1. The Morgan fingerprint density at radius 3 is 2.96 bits per heavy atom. The number of hydrogen-bond acceptors (Lipinski definition) is 5. The van der Waals surface area contributed by atoms with Crippen molar-refractivity contribution in [2.45, 2.75) is 12.5 Å². The van der Waals surface area contributed by atoms with Crippen molar-refractivity contribution in [1.29, 1.82) is 0 Å². The normalized spacial score (nSPS) is 20.5. The average Bonchev–Trinajstić information content (AvgIpc) is 2.68. The molecule has 0 saturated carbocycles. The molecule has 1 aromatic carbocycles. The summed E-state index contributed by atoms with van der Waals surface area (Å²) in [5.41, 5.74) is 0.515. The predicted molar refractivity (Wildman–Crippen MR) is 92.8 cm³/mol. The zero-order valence-electron chi connectivity index (χ0n) is 14.8. The molecule has 0 radical (unpaired) electrons. The molecule has 1 atom stereocenters. The van der Waals surface area contributed by atoms with E-state index in [1.165, 1.54) is 4.90 Å². The van der Waals surface area contributed by atoms with Crippen molar-refractivity contribution < 1.29 is 23.9 Å². The third kappa shape index (κ3) is 4.13. The summed E-state index contributed by atoms with van der Waals surface area (Å²) in [6.07, 6.45) is 0.142. The van der Waals surface area contributed by atoms with Crippen LogP contribution in [0.3, 0.4) is 0 Å². The van der Waals surface area contributed by atoms with Crippen LogP contribution in [0.25, 0.3) is 0 Å². The highest BCUT2D eigenvalue weighted by Gasteiger charge is 2.32. The quantitative estimate of drug-likeness (QED) is 0.808. The van der Waals surface area contributed by atoms with Gasteiger partial charge in [0.25, 0.3) is 5.91 Å². The van der Waals surface area contributed by atoms with Gasteiger partial charge < -0.3 is 24.6 Å². The summed E-state index contributed by atoms with van der Waals surface area (Å²) in [7, 11) is 1.55. The van der Waals surface area contributed by atoms with Crippen LogP contribution in [0.5, 0.6) is 5.75 Å². The highest BCUT2D eigenvalue weighted by Crippen LogP contribution is 2.19. The topological polar surface area (TPSA) is 88.2 Å². The maximum Gasteiger partial charge on any atom is 0.254 e. The van der Waals surface area contributed by atoms with Gasteiger partial charge in [0.05, 0.1) is 32.9 Å². The van der Waals surface area contributed by atoms with E-state index in [2.05, 4.69) is 5.32 Å². The van der Waals surface area contributed by atoms with E-state index in [0.29, 0.717) is 44.2 Å². The summed E-state index contributed by atoms with van der Waals surface area (Å²) in [6, 6.07) is 6.61. The Hall–Kier alpha value is -2.61. The molecule has 2 saturated heterocycles. The van der Waals surface area contributed by atoms with Crippen LogP contribution in [0.4, 0.5) is 0 Å². The third-order valence-corrected chi connectivity index (χ3v) is 4.61. The molecule has 3 rings (SSSR count). The van der Waals surface area contributed by atoms with Gasteiger partial charge in [0.2, 0.25) is 11.8 Å². The van der Waals surface area contributed by atoms with Crippen molar-refractivity contribution in [2.24, 2.45) is 0 Å². The van der Waals surface area contributed by atoms with E-state index in [1.807, 2.05) is 0 Å². The molecule has 2 fully saturated rings. The minimum absolute atomic E-state index is 0.0657. The summed E-state index contributed by atoms with van der Waals surface area (Å²) in [5.74, 6) is 0.157. The smallest absolute Gasteiger partial charge is 0.254 e. The number of ether oxygens (including phenoxy) is 2. The maximum atomic E-state index is 12.9. The van der Waals surface area contributed by atoms with Crippen LogP contribution in [0.1, 0.15) is 16.8 Å². The number of methoxy groups -OCH3 is 1. The lowest BCUT2D eigenvalue weighted by Crippen LogP contribution is -2.54. The van der Waals surface area contributed by atoms with Gasteiger partial charge in [-0.2, -0.15) is 0 Å². The van der Waals surface area contributed by atoms with Gasteiger partial charge in [-0.05, 0) is 18.2 Å². The van der Waals surface area contributed by atoms with Crippen molar-refractivity contribution in [3.8, 4) is 5.75 Å². The van der Waals surface area contributed by atoms with Crippen LogP contribution in [0.15, 0.2) is 24.3 Å². The van der Waals surface area contributed by atoms with Crippen molar-refractivity contribution in [3.05, 3.63) is 29.8 Å². The second-order valence-corrected chi connectivity index (χ2v) is 6.33. The Morgan fingerprint density at radius 2 is 2.19 bits per heavy atom. The first-order valence-electron chi connectivity index (χ1n) is 8.65. The van der Waals surface area contributed by atoms with Gasteiger partial charge in [-0.15, -0.1) is 0 Å². The largest absolute Gasteiger partial charge is 0.497 e. The van der Waals surface area contributed by atoms with E-state index in [-0.39, 0.29) is 36.7 Å². The minimum Gasteiger partial charge on any atom is -0.497 e. The van der Waals surface area contributed by atoms with Gasteiger partial charge in [0.15, 0.2) is 0 Å². The Balaban J connectivity index is 1.69. The number of nitrogens with zero attached hydrogens (tertiary/aromatic N) is 2. The van der Waals surface area contributed by atoms with Crippen molar-refractivity contribution in [2.75, 3.05) is 46.5 Å². The molecule has 0 spiro atoms. The SMILES string of the molecule is COc1cccc(C(=O)N2CCOC[C@H]2CC(=O)N2CCNC(=O)C2)c1. The second kappa shape index (κ2) is 8.18. The van der Waals surface area contributed by atoms with E-state index in [4.69, 9.17) is 9.47 Å². The van der Waals surface area contributed by atoms with Crippen LogP contribution in [-0.2, 0) is 14.3 Å². The lowest BCUT2D eigenvalue weighted by molar-refractivity contribution is -0.140. The summed E-state index contributed by atoms with van der Waals surface area (Å²) >= 11 is 0. The fraction of sp³-hybridized carbons (Fsp3) is 0.500. The molecule has 0 bridgehead atoms. The molecule has 2 heterocycles. The zero-order chi connectivity index (χ0) is 18.5. The van der Waals surface area contributed by atoms with Crippen LogP contribution in [0, 0.1) is 0 Å². The van der Waals surface area contributed by atoms with Crippen molar-refractivity contribution in [3.63, 3.8) is 0 Å². The van der Waals surface area contributed by atoms with Gasteiger partial charge in [-0.3, -0.25) is 14.4 Å². The van der Waals surface area contributed by atoms with Crippen LogP contribution in [-0.4, -0.2) is 80.1 Å². The molecule has 8 nitrogen and oxygen atoms in total. The number of rotatable bonds is 4. The van der Waals surface area contributed by atoms with Crippen LogP contribution in [0.2, 0.25) is 0 Å². The zero-order valence-corrected chi connectivity index (χ0v) is 14.8.